The number of likely N-dealkylation sites (tertiary alicyclic amines) is 1. The third-order valence-corrected chi connectivity index (χ3v) is 8.41. The number of hydrogen-bond acceptors (Lipinski definition) is 5. The summed E-state index contributed by atoms with van der Waals surface area (Å²) in [7, 11) is -3.57. The normalized spacial score (nSPS) is 15.7. The molecule has 2 heterocycles. The standard InChI is InChI=1S/C22H24ClN3O3S2/c1-14(2)25-31(28,29)18-6-3-16(4-7-18)22(27)26-11-9-15(10-12-26)21-24-19-13-17(23)5-8-20(19)30-21/h3-8,13-15,25H,9-12H2,1-2H3. The van der Waals surface area contributed by atoms with E-state index in [4.69, 9.17) is 16.6 Å². The molecule has 164 valence electrons. The van der Waals surface area contributed by atoms with E-state index in [1.54, 1.807) is 37.3 Å². The fraction of sp³-hybridized carbons (Fsp3) is 0.364. The summed E-state index contributed by atoms with van der Waals surface area (Å²) in [6.45, 7) is 4.83. The van der Waals surface area contributed by atoms with Gasteiger partial charge in [0.15, 0.2) is 0 Å². The van der Waals surface area contributed by atoms with Gasteiger partial charge in [-0.05, 0) is 69.2 Å². The van der Waals surface area contributed by atoms with Crippen LogP contribution in [0.15, 0.2) is 47.4 Å². The van der Waals surface area contributed by atoms with Gasteiger partial charge in [0.25, 0.3) is 5.91 Å². The maximum absolute atomic E-state index is 12.9. The van der Waals surface area contributed by atoms with E-state index in [1.165, 1.54) is 12.1 Å². The third-order valence-electron chi connectivity index (χ3n) is 5.30. The van der Waals surface area contributed by atoms with E-state index < -0.39 is 10.0 Å². The molecule has 3 aromatic rings. The molecule has 1 N–H and O–H groups in total. The van der Waals surface area contributed by atoms with Crippen molar-refractivity contribution in [3.63, 3.8) is 0 Å². The molecule has 1 aromatic heterocycles. The Morgan fingerprint density at radius 2 is 1.84 bits per heavy atom. The summed E-state index contributed by atoms with van der Waals surface area (Å²) in [6, 6.07) is 11.7. The maximum atomic E-state index is 12.9. The first-order valence-corrected chi connectivity index (χ1v) is 12.9. The number of rotatable bonds is 5. The Morgan fingerprint density at radius 3 is 2.48 bits per heavy atom. The van der Waals surface area contributed by atoms with E-state index in [0.29, 0.717) is 29.6 Å². The Hall–Kier alpha value is -2.00. The summed E-state index contributed by atoms with van der Waals surface area (Å²) in [5, 5.41) is 1.78. The summed E-state index contributed by atoms with van der Waals surface area (Å²) < 4.78 is 28.2. The van der Waals surface area contributed by atoms with Gasteiger partial charge >= 0.3 is 0 Å². The lowest BCUT2D eigenvalue weighted by Gasteiger charge is -2.31. The molecule has 2 aromatic carbocycles. The number of nitrogens with zero attached hydrogens (tertiary/aromatic N) is 2. The summed E-state index contributed by atoms with van der Waals surface area (Å²) >= 11 is 7.76. The quantitative estimate of drug-likeness (QED) is 0.579. The van der Waals surface area contributed by atoms with Gasteiger partial charge in [0, 0.05) is 35.6 Å². The van der Waals surface area contributed by atoms with Crippen molar-refractivity contribution in [2.75, 3.05) is 13.1 Å². The molecular formula is C22H24ClN3O3S2. The molecule has 0 atom stereocenters. The molecule has 0 aliphatic carbocycles. The van der Waals surface area contributed by atoms with Crippen molar-refractivity contribution >= 4 is 49.1 Å². The molecule has 6 nitrogen and oxygen atoms in total. The van der Waals surface area contributed by atoms with Crippen LogP contribution in [-0.2, 0) is 10.0 Å². The fourth-order valence-electron chi connectivity index (χ4n) is 3.76. The lowest BCUT2D eigenvalue weighted by Crippen LogP contribution is -2.38. The number of piperidine rings is 1. The Morgan fingerprint density at radius 1 is 1.16 bits per heavy atom. The van der Waals surface area contributed by atoms with E-state index >= 15 is 0 Å². The minimum atomic E-state index is -3.57. The first-order chi connectivity index (χ1) is 14.7. The molecule has 1 amide bonds. The molecule has 9 heteroatoms. The average Bonchev–Trinajstić information content (AvgIpc) is 3.16. The van der Waals surface area contributed by atoms with E-state index in [0.717, 1.165) is 28.1 Å². The Bertz CT molecular complexity index is 1200. The van der Waals surface area contributed by atoms with Crippen LogP contribution in [0.25, 0.3) is 10.2 Å². The number of nitrogens with one attached hydrogen (secondary N) is 1. The van der Waals surface area contributed by atoms with Gasteiger partial charge in [0.2, 0.25) is 10.0 Å². The summed E-state index contributed by atoms with van der Waals surface area (Å²) in [5.74, 6) is 0.255. The van der Waals surface area contributed by atoms with Crippen LogP contribution in [0.5, 0.6) is 0 Å². The molecule has 31 heavy (non-hydrogen) atoms. The number of thiazole rings is 1. The number of carbonyl (C=O) groups excluding carboxylic acids is 1. The lowest BCUT2D eigenvalue weighted by atomic mass is 9.97. The number of carbonyl (C=O) groups is 1. The minimum absolute atomic E-state index is 0.0738. The van der Waals surface area contributed by atoms with E-state index in [9.17, 15) is 13.2 Å². The summed E-state index contributed by atoms with van der Waals surface area (Å²) in [5.41, 5.74) is 1.42. The smallest absolute Gasteiger partial charge is 0.253 e. The Balaban J connectivity index is 1.40. The van der Waals surface area contributed by atoms with Gasteiger partial charge in [-0.3, -0.25) is 4.79 Å². The van der Waals surface area contributed by atoms with Gasteiger partial charge in [-0.15, -0.1) is 11.3 Å². The predicted octanol–water partition coefficient (Wildman–Crippen LogP) is 4.66. The molecule has 0 saturated carbocycles. The van der Waals surface area contributed by atoms with Gasteiger partial charge in [-0.1, -0.05) is 11.6 Å². The SMILES string of the molecule is CC(C)NS(=O)(=O)c1ccc(C(=O)N2CCC(c3nc4cc(Cl)ccc4s3)CC2)cc1. The van der Waals surface area contributed by atoms with Crippen LogP contribution in [0, 0.1) is 0 Å². The van der Waals surface area contributed by atoms with Crippen molar-refractivity contribution in [3.8, 4) is 0 Å². The van der Waals surface area contributed by atoms with Crippen molar-refractivity contribution in [3.05, 3.63) is 58.1 Å². The molecule has 1 aliphatic rings. The highest BCUT2D eigenvalue weighted by molar-refractivity contribution is 7.89. The Labute approximate surface area is 191 Å². The number of amides is 1. The van der Waals surface area contributed by atoms with Gasteiger partial charge in [0.05, 0.1) is 20.1 Å². The molecule has 1 saturated heterocycles. The molecule has 1 aliphatic heterocycles. The topological polar surface area (TPSA) is 79.4 Å². The zero-order valence-electron chi connectivity index (χ0n) is 17.3. The van der Waals surface area contributed by atoms with Crippen molar-refractivity contribution in [1.29, 1.82) is 0 Å². The molecule has 0 radical (unpaired) electrons. The number of halogens is 1. The number of fused-ring (bicyclic) bond motifs is 1. The number of benzene rings is 2. The van der Waals surface area contributed by atoms with Gasteiger partial charge in [-0.25, -0.2) is 18.1 Å². The first-order valence-electron chi connectivity index (χ1n) is 10.2. The van der Waals surface area contributed by atoms with Crippen LogP contribution in [0.4, 0.5) is 0 Å². The number of sulfonamides is 1. The zero-order valence-corrected chi connectivity index (χ0v) is 19.7. The second-order valence-corrected chi connectivity index (χ2v) is 11.2. The van der Waals surface area contributed by atoms with Crippen LogP contribution >= 0.6 is 22.9 Å². The second-order valence-electron chi connectivity index (χ2n) is 8.03. The molecule has 1 fully saturated rings. The van der Waals surface area contributed by atoms with Crippen molar-refractivity contribution in [2.24, 2.45) is 0 Å². The second kappa shape index (κ2) is 8.86. The Kier molecular flexibility index (Phi) is 6.35. The van der Waals surface area contributed by atoms with Crippen LogP contribution in [0.3, 0.4) is 0 Å². The molecular weight excluding hydrogens is 454 g/mol. The largest absolute Gasteiger partial charge is 0.339 e. The highest BCUT2D eigenvalue weighted by Crippen LogP contribution is 2.35. The predicted molar refractivity (Wildman–Crippen MR) is 124 cm³/mol. The monoisotopic (exact) mass is 477 g/mol. The van der Waals surface area contributed by atoms with E-state index in [1.807, 2.05) is 23.1 Å². The van der Waals surface area contributed by atoms with Crippen molar-refractivity contribution in [2.45, 2.75) is 43.5 Å². The molecule has 0 unspecified atom stereocenters. The molecule has 4 rings (SSSR count). The van der Waals surface area contributed by atoms with Crippen LogP contribution < -0.4 is 4.72 Å². The summed E-state index contributed by atoms with van der Waals surface area (Å²) in [4.78, 5) is 19.6. The minimum Gasteiger partial charge on any atom is -0.339 e. The van der Waals surface area contributed by atoms with E-state index in [-0.39, 0.29) is 16.8 Å². The van der Waals surface area contributed by atoms with Crippen molar-refractivity contribution in [1.82, 2.24) is 14.6 Å². The van der Waals surface area contributed by atoms with Crippen LogP contribution in [-0.4, -0.2) is 43.3 Å². The zero-order chi connectivity index (χ0) is 22.2. The first kappa shape index (κ1) is 22.2. The summed E-state index contributed by atoms with van der Waals surface area (Å²) in [6.07, 6.45) is 1.70. The lowest BCUT2D eigenvalue weighted by molar-refractivity contribution is 0.0713. The van der Waals surface area contributed by atoms with Crippen molar-refractivity contribution < 1.29 is 13.2 Å². The van der Waals surface area contributed by atoms with Gasteiger partial charge in [-0.2, -0.15) is 0 Å². The number of hydrogen-bond donors (Lipinski definition) is 1. The van der Waals surface area contributed by atoms with E-state index in [2.05, 4.69) is 4.72 Å². The van der Waals surface area contributed by atoms with Crippen LogP contribution in [0.2, 0.25) is 5.02 Å². The third kappa shape index (κ3) is 4.92. The number of aromatic nitrogens is 1. The maximum Gasteiger partial charge on any atom is 0.253 e. The molecule has 0 spiro atoms. The average molecular weight is 478 g/mol. The van der Waals surface area contributed by atoms with Gasteiger partial charge < -0.3 is 4.90 Å². The highest BCUT2D eigenvalue weighted by Gasteiger charge is 2.27. The fourth-order valence-corrected chi connectivity index (χ4v) is 6.29. The highest BCUT2D eigenvalue weighted by atomic mass is 35.5. The molecule has 0 bridgehead atoms. The van der Waals surface area contributed by atoms with Gasteiger partial charge in [0.1, 0.15) is 0 Å². The van der Waals surface area contributed by atoms with Crippen LogP contribution in [0.1, 0.15) is 48.0 Å².